The van der Waals surface area contributed by atoms with Crippen LogP contribution in [0.15, 0.2) is 30.5 Å². The van der Waals surface area contributed by atoms with Crippen molar-refractivity contribution in [3.8, 4) is 0 Å². The molecular weight excluding hydrogens is 459 g/mol. The van der Waals surface area contributed by atoms with Crippen LogP contribution in [0.2, 0.25) is 5.02 Å². The largest absolute Gasteiger partial charge is 0.433 e. The van der Waals surface area contributed by atoms with Crippen LogP contribution in [-0.2, 0) is 11.0 Å². The van der Waals surface area contributed by atoms with Gasteiger partial charge in [0.2, 0.25) is 5.91 Å². The van der Waals surface area contributed by atoms with Gasteiger partial charge in [-0.15, -0.1) is 0 Å². The molecule has 2 heterocycles. The molecule has 1 aromatic carbocycles. The maximum Gasteiger partial charge on any atom is 0.433 e. The molecule has 172 valence electrons. The second-order valence-corrected chi connectivity index (χ2v) is 7.41. The molecule has 3 rings (SSSR count). The maximum absolute atomic E-state index is 14.8. The lowest BCUT2D eigenvalue weighted by Gasteiger charge is -2.35. The molecule has 2 atom stereocenters. The monoisotopic (exact) mass is 476 g/mol. The van der Waals surface area contributed by atoms with E-state index in [1.165, 1.54) is 4.90 Å². The standard InChI is InChI=1S/C20H18ClF5N4O2/c1-2-13-18(31)27-7-8-30(13)19(32)29-17(11-4-5-12(22)15(21)16(11)23)10-3-6-14(28-9-10)20(24,25)26/h3-6,9,13,17H,2,7-8H2,1H3,(H,27,31)(H,29,32)/t13-,17+/m0/s1. The molecule has 2 N–H and O–H groups in total. The Balaban J connectivity index is 2.00. The van der Waals surface area contributed by atoms with E-state index in [4.69, 9.17) is 11.6 Å². The van der Waals surface area contributed by atoms with E-state index < -0.39 is 46.6 Å². The van der Waals surface area contributed by atoms with Crippen molar-refractivity contribution in [2.75, 3.05) is 13.1 Å². The first-order valence-corrected chi connectivity index (χ1v) is 9.93. The molecule has 1 saturated heterocycles. The Morgan fingerprint density at radius 1 is 1.31 bits per heavy atom. The zero-order chi connectivity index (χ0) is 23.6. The molecule has 0 bridgehead atoms. The van der Waals surface area contributed by atoms with Crippen LogP contribution in [-0.4, -0.2) is 41.0 Å². The maximum atomic E-state index is 14.8. The summed E-state index contributed by atoms with van der Waals surface area (Å²) in [6, 6.07) is 0.726. The van der Waals surface area contributed by atoms with E-state index >= 15 is 0 Å². The minimum Gasteiger partial charge on any atom is -0.353 e. The third-order valence-corrected chi connectivity index (χ3v) is 5.38. The summed E-state index contributed by atoms with van der Waals surface area (Å²) in [5, 5.41) is 4.32. The first-order chi connectivity index (χ1) is 15.0. The van der Waals surface area contributed by atoms with Crippen molar-refractivity contribution >= 4 is 23.5 Å². The highest BCUT2D eigenvalue weighted by Gasteiger charge is 2.35. The van der Waals surface area contributed by atoms with Gasteiger partial charge in [0.25, 0.3) is 0 Å². The van der Waals surface area contributed by atoms with E-state index in [1.807, 2.05) is 0 Å². The molecule has 1 fully saturated rings. The number of urea groups is 1. The molecule has 0 unspecified atom stereocenters. The first kappa shape index (κ1) is 23.7. The van der Waals surface area contributed by atoms with E-state index in [-0.39, 0.29) is 30.1 Å². The lowest BCUT2D eigenvalue weighted by Crippen LogP contribution is -2.59. The molecule has 1 aromatic heterocycles. The summed E-state index contributed by atoms with van der Waals surface area (Å²) in [6.07, 6.45) is -3.55. The van der Waals surface area contributed by atoms with Crippen LogP contribution in [0.4, 0.5) is 26.7 Å². The SMILES string of the molecule is CC[C@H]1C(=O)NCCN1C(=O)N[C@H](c1ccc(C(F)(F)F)nc1)c1ccc(F)c(Cl)c1F. The molecule has 1 aliphatic heterocycles. The van der Waals surface area contributed by atoms with Gasteiger partial charge in [0.1, 0.15) is 28.4 Å². The Hall–Kier alpha value is -2.95. The summed E-state index contributed by atoms with van der Waals surface area (Å²) in [5.41, 5.74) is -1.45. The molecule has 6 nitrogen and oxygen atoms in total. The highest BCUT2D eigenvalue weighted by atomic mass is 35.5. The molecule has 0 aliphatic carbocycles. The number of halogens is 6. The van der Waals surface area contributed by atoms with Crippen LogP contribution in [0, 0.1) is 11.6 Å². The number of aromatic nitrogens is 1. The van der Waals surface area contributed by atoms with Gasteiger partial charge in [-0.05, 0) is 24.1 Å². The lowest BCUT2D eigenvalue weighted by atomic mass is 9.99. The fraction of sp³-hybridized carbons (Fsp3) is 0.350. The predicted octanol–water partition coefficient (Wildman–Crippen LogP) is 4.04. The summed E-state index contributed by atoms with van der Waals surface area (Å²) in [4.78, 5) is 29.6. The normalized spacial score (nSPS) is 17.7. The number of alkyl halides is 3. The van der Waals surface area contributed by atoms with Crippen molar-refractivity contribution in [2.45, 2.75) is 31.6 Å². The Morgan fingerprint density at radius 3 is 2.62 bits per heavy atom. The van der Waals surface area contributed by atoms with Crippen LogP contribution in [0.1, 0.15) is 36.2 Å². The van der Waals surface area contributed by atoms with E-state index in [1.54, 1.807) is 6.92 Å². The molecule has 0 spiro atoms. The number of hydrogen-bond acceptors (Lipinski definition) is 3. The third kappa shape index (κ3) is 4.77. The number of hydrogen-bond donors (Lipinski definition) is 2. The van der Waals surface area contributed by atoms with Gasteiger partial charge in [-0.25, -0.2) is 13.6 Å². The Labute approximate surface area is 184 Å². The van der Waals surface area contributed by atoms with Gasteiger partial charge in [-0.3, -0.25) is 9.78 Å². The summed E-state index contributed by atoms with van der Waals surface area (Å²) >= 11 is 5.66. The number of carbonyl (C=O) groups is 2. The van der Waals surface area contributed by atoms with Crippen molar-refractivity contribution in [1.82, 2.24) is 20.5 Å². The van der Waals surface area contributed by atoms with Crippen LogP contribution in [0.5, 0.6) is 0 Å². The van der Waals surface area contributed by atoms with Crippen LogP contribution < -0.4 is 10.6 Å². The molecule has 12 heteroatoms. The zero-order valence-corrected chi connectivity index (χ0v) is 17.4. The number of nitrogens with one attached hydrogen (secondary N) is 2. The van der Waals surface area contributed by atoms with Crippen LogP contribution in [0.25, 0.3) is 0 Å². The van der Waals surface area contributed by atoms with Crippen molar-refractivity contribution < 1.29 is 31.5 Å². The summed E-state index contributed by atoms with van der Waals surface area (Å²) < 4.78 is 67.1. The molecule has 1 aliphatic rings. The lowest BCUT2D eigenvalue weighted by molar-refractivity contribution is -0.141. The Bertz CT molecular complexity index is 1020. The Kier molecular flexibility index (Phi) is 6.87. The van der Waals surface area contributed by atoms with Crippen molar-refractivity contribution in [2.24, 2.45) is 0 Å². The van der Waals surface area contributed by atoms with Gasteiger partial charge in [0, 0.05) is 24.8 Å². The molecule has 0 radical (unpaired) electrons. The fourth-order valence-corrected chi connectivity index (χ4v) is 3.59. The van der Waals surface area contributed by atoms with E-state index in [9.17, 15) is 31.5 Å². The molecule has 2 aromatic rings. The number of amides is 3. The van der Waals surface area contributed by atoms with Gasteiger partial charge in [-0.2, -0.15) is 13.2 Å². The van der Waals surface area contributed by atoms with Crippen molar-refractivity contribution in [3.05, 3.63) is 63.9 Å². The number of rotatable bonds is 4. The van der Waals surface area contributed by atoms with E-state index in [0.717, 1.165) is 24.4 Å². The summed E-state index contributed by atoms with van der Waals surface area (Å²) in [6.45, 7) is 2.07. The minimum atomic E-state index is -4.70. The molecular formula is C20H18ClF5N4O2. The van der Waals surface area contributed by atoms with Crippen LogP contribution >= 0.6 is 11.6 Å². The fourth-order valence-electron chi connectivity index (χ4n) is 3.42. The van der Waals surface area contributed by atoms with E-state index in [0.29, 0.717) is 12.5 Å². The van der Waals surface area contributed by atoms with Gasteiger partial charge < -0.3 is 15.5 Å². The van der Waals surface area contributed by atoms with Crippen molar-refractivity contribution in [1.29, 1.82) is 0 Å². The number of carbonyl (C=O) groups excluding carboxylic acids is 2. The third-order valence-electron chi connectivity index (χ3n) is 5.03. The van der Waals surface area contributed by atoms with Gasteiger partial charge in [-0.1, -0.05) is 30.7 Å². The average molecular weight is 477 g/mol. The number of pyridine rings is 1. The molecule has 32 heavy (non-hydrogen) atoms. The first-order valence-electron chi connectivity index (χ1n) is 9.56. The number of piperazine rings is 1. The van der Waals surface area contributed by atoms with Crippen molar-refractivity contribution in [3.63, 3.8) is 0 Å². The quantitative estimate of drug-likeness (QED) is 0.516. The van der Waals surface area contributed by atoms with Gasteiger partial charge in [0.05, 0.1) is 6.04 Å². The minimum absolute atomic E-state index is 0.00225. The van der Waals surface area contributed by atoms with Gasteiger partial charge >= 0.3 is 12.2 Å². The topological polar surface area (TPSA) is 74.3 Å². The highest BCUT2D eigenvalue weighted by Crippen LogP contribution is 2.32. The number of nitrogens with zero attached hydrogens (tertiary/aromatic N) is 2. The highest BCUT2D eigenvalue weighted by molar-refractivity contribution is 6.31. The predicted molar refractivity (Wildman–Crippen MR) is 105 cm³/mol. The van der Waals surface area contributed by atoms with Gasteiger partial charge in [0.15, 0.2) is 0 Å². The summed E-state index contributed by atoms with van der Waals surface area (Å²) in [5.74, 6) is -2.58. The molecule has 0 saturated carbocycles. The van der Waals surface area contributed by atoms with E-state index in [2.05, 4.69) is 15.6 Å². The second kappa shape index (κ2) is 9.27. The Morgan fingerprint density at radius 2 is 2.03 bits per heavy atom. The summed E-state index contributed by atoms with van der Waals surface area (Å²) in [7, 11) is 0. The molecule has 3 amide bonds. The number of benzene rings is 1. The average Bonchev–Trinajstić information content (AvgIpc) is 2.75. The zero-order valence-electron chi connectivity index (χ0n) is 16.6. The smallest absolute Gasteiger partial charge is 0.353 e. The van der Waals surface area contributed by atoms with Crippen LogP contribution in [0.3, 0.4) is 0 Å². The second-order valence-electron chi connectivity index (χ2n) is 7.03.